The van der Waals surface area contributed by atoms with Crippen LogP contribution in [0, 0.1) is 10.1 Å². The Morgan fingerprint density at radius 1 is 1.03 bits per heavy atom. The van der Waals surface area contributed by atoms with Crippen molar-refractivity contribution in [1.29, 1.82) is 0 Å². The monoisotopic (exact) mass is 405 g/mol. The van der Waals surface area contributed by atoms with Gasteiger partial charge in [-0.15, -0.1) is 0 Å². The maximum atomic E-state index is 12.7. The molecule has 0 aliphatic rings. The molecular formula is C23H35NO5. The molecule has 0 bridgehead atoms. The maximum absolute atomic E-state index is 12.7. The van der Waals surface area contributed by atoms with Gasteiger partial charge in [-0.2, -0.15) is 0 Å². The van der Waals surface area contributed by atoms with Gasteiger partial charge in [0.2, 0.25) is 5.78 Å². The zero-order valence-electron chi connectivity index (χ0n) is 17.8. The summed E-state index contributed by atoms with van der Waals surface area (Å²) in [7, 11) is 0. The third kappa shape index (κ3) is 9.33. The molecule has 1 aromatic carbocycles. The molecule has 0 aromatic heterocycles. The third-order valence-corrected chi connectivity index (χ3v) is 4.88. The van der Waals surface area contributed by atoms with Crippen molar-refractivity contribution in [1.82, 2.24) is 0 Å². The van der Waals surface area contributed by atoms with Crippen LogP contribution in [0.2, 0.25) is 0 Å². The molecule has 6 nitrogen and oxygen atoms in total. The van der Waals surface area contributed by atoms with Crippen molar-refractivity contribution in [3.8, 4) is 0 Å². The molecule has 1 aromatic rings. The van der Waals surface area contributed by atoms with Gasteiger partial charge in [-0.3, -0.25) is 14.9 Å². The summed E-state index contributed by atoms with van der Waals surface area (Å²) in [6, 6.07) is 5.15. The Morgan fingerprint density at radius 2 is 1.55 bits per heavy atom. The molecule has 0 aliphatic carbocycles. The Labute approximate surface area is 174 Å². The van der Waals surface area contributed by atoms with Crippen LogP contribution in [0.4, 0.5) is 5.69 Å². The summed E-state index contributed by atoms with van der Waals surface area (Å²) in [6.45, 7) is 4.19. The van der Waals surface area contributed by atoms with E-state index in [9.17, 15) is 20.0 Å². The molecule has 0 spiro atoms. The molecule has 29 heavy (non-hydrogen) atoms. The molecule has 0 heterocycles. The van der Waals surface area contributed by atoms with Crippen LogP contribution in [-0.4, -0.2) is 28.2 Å². The van der Waals surface area contributed by atoms with Crippen molar-refractivity contribution >= 4 is 11.5 Å². The minimum atomic E-state index is -2.05. The van der Waals surface area contributed by atoms with Crippen molar-refractivity contribution in [2.24, 2.45) is 0 Å². The number of ketones is 1. The second-order valence-electron chi connectivity index (χ2n) is 7.36. The van der Waals surface area contributed by atoms with E-state index in [1.54, 1.807) is 13.0 Å². The van der Waals surface area contributed by atoms with E-state index in [0.717, 1.165) is 19.3 Å². The highest BCUT2D eigenvalue weighted by atomic mass is 16.6. The third-order valence-electron chi connectivity index (χ3n) is 4.88. The van der Waals surface area contributed by atoms with Gasteiger partial charge in [-0.1, -0.05) is 70.8 Å². The van der Waals surface area contributed by atoms with Gasteiger partial charge in [0.1, 0.15) is 0 Å². The fourth-order valence-corrected chi connectivity index (χ4v) is 3.17. The minimum absolute atomic E-state index is 0.109. The van der Waals surface area contributed by atoms with E-state index in [-0.39, 0.29) is 17.9 Å². The highest BCUT2D eigenvalue weighted by Gasteiger charge is 2.35. The molecule has 1 atom stereocenters. The van der Waals surface area contributed by atoms with Crippen LogP contribution in [0.1, 0.15) is 88.4 Å². The van der Waals surface area contributed by atoms with E-state index in [2.05, 4.69) is 6.92 Å². The number of hydrogen-bond donors (Lipinski definition) is 1. The van der Waals surface area contributed by atoms with Crippen LogP contribution in [-0.2, 0) is 4.74 Å². The number of ether oxygens (including phenoxy) is 1. The predicted molar refractivity (Wildman–Crippen MR) is 115 cm³/mol. The lowest BCUT2D eigenvalue weighted by molar-refractivity contribution is -0.384. The minimum Gasteiger partial charge on any atom is -0.356 e. The van der Waals surface area contributed by atoms with Crippen LogP contribution < -0.4 is 0 Å². The van der Waals surface area contributed by atoms with Gasteiger partial charge in [0.05, 0.1) is 11.5 Å². The average Bonchev–Trinajstić information content (AvgIpc) is 2.71. The van der Waals surface area contributed by atoms with Gasteiger partial charge in [0, 0.05) is 17.7 Å². The molecule has 0 aliphatic heterocycles. The van der Waals surface area contributed by atoms with Gasteiger partial charge in [-0.05, 0) is 31.6 Å². The largest absolute Gasteiger partial charge is 0.356 e. The number of hydrogen-bond acceptors (Lipinski definition) is 5. The molecule has 1 unspecified atom stereocenters. The first kappa shape index (κ1) is 25.0. The number of allylic oxidation sites excluding steroid dienone is 1. The molecule has 1 rings (SSSR count). The molecule has 1 N–H and O–H groups in total. The number of non-ortho nitro benzene ring substituents is 1. The van der Waals surface area contributed by atoms with E-state index < -0.39 is 16.5 Å². The molecule has 0 amide bonds. The Balaban J connectivity index is 2.39. The van der Waals surface area contributed by atoms with Gasteiger partial charge < -0.3 is 9.84 Å². The number of carbonyl (C=O) groups is 1. The zero-order chi connectivity index (χ0) is 21.5. The zero-order valence-corrected chi connectivity index (χ0v) is 17.8. The SMILES string of the molecule is CC=CC(O)(OCCCCCCCCCCCC)C(=O)c1ccc([N+](=O)[O-])cc1. The second kappa shape index (κ2) is 14.0. The number of rotatable bonds is 16. The molecule has 0 fully saturated rings. The maximum Gasteiger partial charge on any atom is 0.269 e. The van der Waals surface area contributed by atoms with Crippen molar-refractivity contribution in [2.45, 2.75) is 83.8 Å². The fraction of sp³-hybridized carbons (Fsp3) is 0.609. The van der Waals surface area contributed by atoms with E-state index in [0.29, 0.717) is 0 Å². The molecular weight excluding hydrogens is 370 g/mol. The molecule has 6 heteroatoms. The number of carbonyl (C=O) groups excluding carboxylic acids is 1. The molecule has 0 saturated heterocycles. The number of nitro groups is 1. The number of benzene rings is 1. The Kier molecular flexibility index (Phi) is 12.1. The summed E-state index contributed by atoms with van der Waals surface area (Å²) >= 11 is 0. The van der Waals surface area contributed by atoms with Crippen molar-refractivity contribution < 1.29 is 19.6 Å². The Bertz CT molecular complexity index is 641. The second-order valence-corrected chi connectivity index (χ2v) is 7.36. The first-order chi connectivity index (χ1) is 13.9. The summed E-state index contributed by atoms with van der Waals surface area (Å²) in [5.41, 5.74) is 0.0571. The van der Waals surface area contributed by atoms with Gasteiger partial charge in [0.25, 0.3) is 11.5 Å². The highest BCUT2D eigenvalue weighted by molar-refractivity contribution is 6.02. The lowest BCUT2D eigenvalue weighted by Gasteiger charge is -2.23. The topological polar surface area (TPSA) is 89.7 Å². The predicted octanol–water partition coefficient (Wildman–Crippen LogP) is 5.98. The number of Topliss-reactive ketones (excluding diaryl/α,β-unsaturated/α-hetero) is 1. The van der Waals surface area contributed by atoms with E-state index in [1.807, 2.05) is 0 Å². The molecule has 162 valence electrons. The van der Waals surface area contributed by atoms with E-state index in [1.165, 1.54) is 75.3 Å². The fourth-order valence-electron chi connectivity index (χ4n) is 3.17. The summed E-state index contributed by atoms with van der Waals surface area (Å²) in [6.07, 6.45) is 14.7. The van der Waals surface area contributed by atoms with Crippen LogP contribution in [0.5, 0.6) is 0 Å². The first-order valence-corrected chi connectivity index (χ1v) is 10.7. The van der Waals surface area contributed by atoms with E-state index in [4.69, 9.17) is 4.74 Å². The van der Waals surface area contributed by atoms with Crippen LogP contribution in [0.3, 0.4) is 0 Å². The number of aliphatic hydroxyl groups is 1. The average molecular weight is 406 g/mol. The number of nitro benzene ring substituents is 1. The van der Waals surface area contributed by atoms with Crippen LogP contribution in [0.25, 0.3) is 0 Å². The molecule has 0 radical (unpaired) electrons. The van der Waals surface area contributed by atoms with Crippen molar-refractivity contribution in [3.63, 3.8) is 0 Å². The van der Waals surface area contributed by atoms with Crippen LogP contribution >= 0.6 is 0 Å². The standard InChI is InChI=1S/C23H35NO5/c1-3-5-6-7-8-9-10-11-12-13-19-29-23(26,18-4-2)22(25)20-14-16-21(17-15-20)24(27)28/h4,14-18,26H,3,5-13,19H2,1-2H3. The van der Waals surface area contributed by atoms with Gasteiger partial charge >= 0.3 is 0 Å². The highest BCUT2D eigenvalue weighted by Crippen LogP contribution is 2.21. The summed E-state index contributed by atoms with van der Waals surface area (Å²) in [5, 5.41) is 21.4. The smallest absolute Gasteiger partial charge is 0.269 e. The van der Waals surface area contributed by atoms with Crippen LogP contribution in [0.15, 0.2) is 36.4 Å². The van der Waals surface area contributed by atoms with Gasteiger partial charge in [-0.25, -0.2) is 0 Å². The van der Waals surface area contributed by atoms with Crippen molar-refractivity contribution in [2.75, 3.05) is 6.61 Å². The number of nitrogens with zero attached hydrogens (tertiary/aromatic N) is 1. The summed E-state index contributed by atoms with van der Waals surface area (Å²) in [4.78, 5) is 22.9. The lowest BCUT2D eigenvalue weighted by atomic mass is 10.0. The van der Waals surface area contributed by atoms with Gasteiger partial charge in [0.15, 0.2) is 0 Å². The lowest BCUT2D eigenvalue weighted by Crippen LogP contribution is -2.40. The van der Waals surface area contributed by atoms with Crippen molar-refractivity contribution in [3.05, 3.63) is 52.1 Å². The normalized spacial score (nSPS) is 13.5. The Morgan fingerprint density at radius 3 is 2.03 bits per heavy atom. The quantitative estimate of drug-likeness (QED) is 0.0912. The summed E-state index contributed by atoms with van der Waals surface area (Å²) in [5.74, 6) is -2.68. The Hall–Kier alpha value is -2.05. The first-order valence-electron chi connectivity index (χ1n) is 10.7. The number of unbranched alkanes of at least 4 members (excludes halogenated alkanes) is 9. The summed E-state index contributed by atoms with van der Waals surface area (Å²) < 4.78 is 5.52. The van der Waals surface area contributed by atoms with E-state index >= 15 is 0 Å². The molecule has 0 saturated carbocycles.